The van der Waals surface area contributed by atoms with Crippen molar-refractivity contribution in [2.75, 3.05) is 0 Å². The Hall–Kier alpha value is -1.06. The van der Waals surface area contributed by atoms with Gasteiger partial charge in [0.1, 0.15) is 0 Å². The first kappa shape index (κ1) is 7.94. The van der Waals surface area contributed by atoms with Crippen LogP contribution in [0, 0.1) is 5.92 Å². The second-order valence-electron chi connectivity index (χ2n) is 2.00. The number of hydrazone groups is 1. The molecule has 0 rings (SSSR count). The molecule has 0 spiro atoms. The standard InChI is InChI=1S/C5H11N3O/c1-4(2)3-7-8-5(6)9/h3-4H,1-2H3,(H3,6,8,9)/b7-3+. The first-order valence-corrected chi connectivity index (χ1v) is 2.71. The summed E-state index contributed by atoms with van der Waals surface area (Å²) in [5.41, 5.74) is 6.80. The molecule has 0 aliphatic rings. The van der Waals surface area contributed by atoms with Crippen LogP contribution in [0.2, 0.25) is 0 Å². The van der Waals surface area contributed by atoms with E-state index in [0.29, 0.717) is 5.92 Å². The molecule has 0 bridgehead atoms. The summed E-state index contributed by atoms with van der Waals surface area (Å²) >= 11 is 0. The molecule has 0 saturated heterocycles. The van der Waals surface area contributed by atoms with Gasteiger partial charge in [0, 0.05) is 6.21 Å². The molecule has 4 heteroatoms. The van der Waals surface area contributed by atoms with E-state index >= 15 is 0 Å². The lowest BCUT2D eigenvalue weighted by Crippen LogP contribution is -2.24. The highest BCUT2D eigenvalue weighted by Gasteiger charge is 1.85. The molecule has 0 aromatic carbocycles. The van der Waals surface area contributed by atoms with Gasteiger partial charge in [0.25, 0.3) is 0 Å². The average Bonchev–Trinajstić information content (AvgIpc) is 1.63. The van der Waals surface area contributed by atoms with Crippen molar-refractivity contribution in [1.29, 1.82) is 0 Å². The number of rotatable bonds is 2. The van der Waals surface area contributed by atoms with Crippen LogP contribution in [0.5, 0.6) is 0 Å². The molecule has 0 aromatic heterocycles. The minimum Gasteiger partial charge on any atom is -0.350 e. The zero-order valence-electron chi connectivity index (χ0n) is 5.59. The lowest BCUT2D eigenvalue weighted by Gasteiger charge is -1.92. The van der Waals surface area contributed by atoms with Gasteiger partial charge in [-0.15, -0.1) is 0 Å². The summed E-state index contributed by atoms with van der Waals surface area (Å²) in [6.07, 6.45) is 1.60. The van der Waals surface area contributed by atoms with E-state index in [4.69, 9.17) is 5.73 Å². The molecule has 0 heterocycles. The van der Waals surface area contributed by atoms with Gasteiger partial charge in [0.2, 0.25) is 0 Å². The predicted octanol–water partition coefficient (Wildman–Crippen LogP) is 0.297. The molecule has 0 aliphatic heterocycles. The Morgan fingerprint density at radius 1 is 1.78 bits per heavy atom. The van der Waals surface area contributed by atoms with Crippen molar-refractivity contribution in [1.82, 2.24) is 5.43 Å². The van der Waals surface area contributed by atoms with E-state index in [2.05, 4.69) is 10.5 Å². The Bertz CT molecular complexity index is 119. The number of hydrogen-bond acceptors (Lipinski definition) is 2. The smallest absolute Gasteiger partial charge is 0.332 e. The van der Waals surface area contributed by atoms with Crippen molar-refractivity contribution in [2.45, 2.75) is 13.8 Å². The molecule has 2 amide bonds. The van der Waals surface area contributed by atoms with Crippen LogP contribution < -0.4 is 11.2 Å². The van der Waals surface area contributed by atoms with Gasteiger partial charge in [0.15, 0.2) is 0 Å². The molecule has 4 nitrogen and oxygen atoms in total. The van der Waals surface area contributed by atoms with Gasteiger partial charge in [-0.25, -0.2) is 10.2 Å². The van der Waals surface area contributed by atoms with Gasteiger partial charge in [-0.2, -0.15) is 5.10 Å². The van der Waals surface area contributed by atoms with Crippen molar-refractivity contribution in [3.8, 4) is 0 Å². The molecule has 9 heavy (non-hydrogen) atoms. The minimum absolute atomic E-state index is 0.330. The maximum atomic E-state index is 9.98. The summed E-state index contributed by atoms with van der Waals surface area (Å²) in [7, 11) is 0. The van der Waals surface area contributed by atoms with Crippen LogP contribution in [0.3, 0.4) is 0 Å². The van der Waals surface area contributed by atoms with Crippen molar-refractivity contribution in [2.24, 2.45) is 16.8 Å². The Kier molecular flexibility index (Phi) is 3.43. The molecule has 0 unspecified atom stereocenters. The Balaban J connectivity index is 3.36. The maximum Gasteiger partial charge on any atom is 0.332 e. The zero-order chi connectivity index (χ0) is 7.28. The zero-order valence-corrected chi connectivity index (χ0v) is 5.59. The quantitative estimate of drug-likeness (QED) is 0.408. The second kappa shape index (κ2) is 3.88. The molecular formula is C5H11N3O. The normalized spacial score (nSPS) is 10.6. The molecule has 0 aromatic rings. The summed E-state index contributed by atoms with van der Waals surface area (Å²) in [6.45, 7) is 3.90. The van der Waals surface area contributed by atoms with E-state index < -0.39 is 6.03 Å². The number of primary amides is 1. The number of carbonyl (C=O) groups excluding carboxylic acids is 1. The molecular weight excluding hydrogens is 118 g/mol. The van der Waals surface area contributed by atoms with Gasteiger partial charge in [0.05, 0.1) is 0 Å². The second-order valence-corrected chi connectivity index (χ2v) is 2.00. The summed E-state index contributed by atoms with van der Waals surface area (Å²) < 4.78 is 0. The Morgan fingerprint density at radius 3 is 2.67 bits per heavy atom. The fourth-order valence-corrected chi connectivity index (χ4v) is 0.250. The average molecular weight is 129 g/mol. The van der Waals surface area contributed by atoms with E-state index in [0.717, 1.165) is 0 Å². The first-order valence-electron chi connectivity index (χ1n) is 2.71. The molecule has 0 atom stereocenters. The Labute approximate surface area is 54.1 Å². The third-order valence-electron chi connectivity index (χ3n) is 0.547. The predicted molar refractivity (Wildman–Crippen MR) is 36.0 cm³/mol. The Morgan fingerprint density at radius 2 is 2.33 bits per heavy atom. The third kappa shape index (κ3) is 6.94. The van der Waals surface area contributed by atoms with E-state index in [1.165, 1.54) is 0 Å². The molecule has 0 aliphatic carbocycles. The highest BCUT2D eigenvalue weighted by Crippen LogP contribution is 1.82. The van der Waals surface area contributed by atoms with Gasteiger partial charge in [-0.05, 0) is 5.92 Å². The highest BCUT2D eigenvalue weighted by molar-refractivity contribution is 5.72. The van der Waals surface area contributed by atoms with Crippen LogP contribution in [0.1, 0.15) is 13.8 Å². The van der Waals surface area contributed by atoms with Crippen molar-refractivity contribution in [3.05, 3.63) is 0 Å². The monoisotopic (exact) mass is 129 g/mol. The largest absolute Gasteiger partial charge is 0.350 e. The summed E-state index contributed by atoms with van der Waals surface area (Å²) in [5.74, 6) is 0.330. The van der Waals surface area contributed by atoms with E-state index in [9.17, 15) is 4.79 Å². The minimum atomic E-state index is -0.632. The van der Waals surface area contributed by atoms with Crippen LogP contribution in [-0.4, -0.2) is 12.2 Å². The van der Waals surface area contributed by atoms with E-state index in [-0.39, 0.29) is 0 Å². The van der Waals surface area contributed by atoms with E-state index in [1.807, 2.05) is 13.8 Å². The summed E-state index contributed by atoms with van der Waals surface area (Å²) in [6, 6.07) is -0.632. The molecule has 0 fully saturated rings. The molecule has 0 saturated carbocycles. The number of amides is 2. The van der Waals surface area contributed by atoms with E-state index in [1.54, 1.807) is 6.21 Å². The van der Waals surface area contributed by atoms with Crippen LogP contribution in [0.15, 0.2) is 5.10 Å². The van der Waals surface area contributed by atoms with Crippen LogP contribution in [0.4, 0.5) is 4.79 Å². The van der Waals surface area contributed by atoms with Crippen molar-refractivity contribution in [3.63, 3.8) is 0 Å². The fraction of sp³-hybridized carbons (Fsp3) is 0.600. The maximum absolute atomic E-state index is 9.98. The van der Waals surface area contributed by atoms with Crippen LogP contribution in [-0.2, 0) is 0 Å². The first-order chi connectivity index (χ1) is 4.13. The van der Waals surface area contributed by atoms with Gasteiger partial charge >= 0.3 is 6.03 Å². The lowest BCUT2D eigenvalue weighted by atomic mass is 10.3. The van der Waals surface area contributed by atoms with Gasteiger partial charge in [-0.3, -0.25) is 0 Å². The number of carbonyl (C=O) groups is 1. The molecule has 0 radical (unpaired) electrons. The number of nitrogens with zero attached hydrogens (tertiary/aromatic N) is 1. The summed E-state index contributed by atoms with van der Waals surface area (Å²) in [5, 5.41) is 3.52. The topological polar surface area (TPSA) is 67.5 Å². The van der Waals surface area contributed by atoms with Crippen LogP contribution in [0.25, 0.3) is 0 Å². The number of hydrogen-bond donors (Lipinski definition) is 2. The van der Waals surface area contributed by atoms with Gasteiger partial charge in [-0.1, -0.05) is 13.8 Å². The van der Waals surface area contributed by atoms with Crippen LogP contribution >= 0.6 is 0 Å². The van der Waals surface area contributed by atoms with Crippen molar-refractivity contribution < 1.29 is 4.79 Å². The molecule has 3 N–H and O–H groups in total. The lowest BCUT2D eigenvalue weighted by molar-refractivity contribution is 0.249. The van der Waals surface area contributed by atoms with Crippen molar-refractivity contribution >= 4 is 12.2 Å². The number of urea groups is 1. The fourth-order valence-electron chi connectivity index (χ4n) is 0.250. The third-order valence-corrected chi connectivity index (χ3v) is 0.547. The highest BCUT2D eigenvalue weighted by atomic mass is 16.2. The SMILES string of the molecule is CC(C)/C=N/NC(N)=O. The van der Waals surface area contributed by atoms with Gasteiger partial charge < -0.3 is 5.73 Å². The number of nitrogens with two attached hydrogens (primary N) is 1. The molecule has 52 valence electrons. The number of nitrogens with one attached hydrogen (secondary N) is 1. The summed E-state index contributed by atoms with van der Waals surface area (Å²) in [4.78, 5) is 9.98.